The topological polar surface area (TPSA) is 26.3 Å². The Balaban J connectivity index is 2.52. The quantitative estimate of drug-likeness (QED) is 0.600. The Morgan fingerprint density at radius 3 is 2.79 bits per heavy atom. The molecule has 0 bridgehead atoms. The normalized spacial score (nSPS) is 10.5. The van der Waals surface area contributed by atoms with E-state index in [1.165, 1.54) is 11.3 Å². The molecule has 0 fully saturated rings. The van der Waals surface area contributed by atoms with Gasteiger partial charge in [-0.15, -0.1) is 11.3 Å². The summed E-state index contributed by atoms with van der Waals surface area (Å²) in [6, 6.07) is 1.81. The molecule has 5 heteroatoms. The maximum absolute atomic E-state index is 11.5. The highest BCUT2D eigenvalue weighted by molar-refractivity contribution is 9.13. The molecule has 0 aromatic carbocycles. The highest BCUT2D eigenvalue weighted by Gasteiger charge is 2.11. The molecular weight excluding hydrogens is 332 g/mol. The van der Waals surface area contributed by atoms with Crippen molar-refractivity contribution in [1.29, 1.82) is 0 Å². The molecule has 14 heavy (non-hydrogen) atoms. The Kier molecular flexibility index (Phi) is 5.30. The Morgan fingerprint density at radius 1 is 1.57 bits per heavy atom. The number of carbonyl (C=O) groups is 1. The van der Waals surface area contributed by atoms with E-state index in [2.05, 4.69) is 31.9 Å². The molecule has 0 N–H and O–H groups in total. The number of hydrogen-bond donors (Lipinski definition) is 0. The zero-order valence-electron chi connectivity index (χ0n) is 7.68. The number of ketones is 1. The van der Waals surface area contributed by atoms with Crippen LogP contribution in [-0.4, -0.2) is 19.0 Å². The second kappa shape index (κ2) is 6.00. The summed E-state index contributed by atoms with van der Waals surface area (Å²) in [6.07, 6.45) is 0.936. The lowest BCUT2D eigenvalue weighted by atomic mass is 10.3. The third-order valence-corrected chi connectivity index (χ3v) is 4.80. The van der Waals surface area contributed by atoms with Crippen molar-refractivity contribution in [3.63, 3.8) is 0 Å². The average molecular weight is 342 g/mol. The minimum Gasteiger partial charge on any atom is -0.373 e. The number of hydrogen-bond acceptors (Lipinski definition) is 3. The van der Waals surface area contributed by atoms with Gasteiger partial charge < -0.3 is 4.74 Å². The Morgan fingerprint density at radius 2 is 2.29 bits per heavy atom. The molecular formula is C9H10Br2O2S. The summed E-state index contributed by atoms with van der Waals surface area (Å²) >= 11 is 8.10. The highest BCUT2D eigenvalue weighted by Crippen LogP contribution is 2.32. The van der Waals surface area contributed by atoms with Crippen LogP contribution in [0.1, 0.15) is 23.0 Å². The second-order valence-corrected chi connectivity index (χ2v) is 5.93. The largest absolute Gasteiger partial charge is 0.373 e. The van der Waals surface area contributed by atoms with Gasteiger partial charge in [0.25, 0.3) is 0 Å². The molecule has 0 amide bonds. The zero-order chi connectivity index (χ0) is 10.6. The predicted molar refractivity (Wildman–Crippen MR) is 65.2 cm³/mol. The number of ether oxygens (including phenoxy) is 1. The van der Waals surface area contributed by atoms with Crippen molar-refractivity contribution in [2.24, 2.45) is 0 Å². The summed E-state index contributed by atoms with van der Waals surface area (Å²) < 4.78 is 7.03. The van der Waals surface area contributed by atoms with E-state index in [1.807, 2.05) is 13.0 Å². The standard InChI is InChI=1S/C9H10Br2O2S/c1-2-3-13-5-7(12)8-4-6(10)9(11)14-8/h4H,2-3,5H2,1H3. The molecule has 0 radical (unpaired) electrons. The maximum atomic E-state index is 11.5. The summed E-state index contributed by atoms with van der Waals surface area (Å²) in [4.78, 5) is 12.3. The first-order chi connectivity index (χ1) is 6.65. The number of thiophene rings is 1. The van der Waals surface area contributed by atoms with Crippen LogP contribution in [0.15, 0.2) is 14.3 Å². The smallest absolute Gasteiger partial charge is 0.198 e. The molecule has 0 atom stereocenters. The van der Waals surface area contributed by atoms with Gasteiger partial charge in [0.15, 0.2) is 5.78 Å². The molecule has 1 aromatic heterocycles. The summed E-state index contributed by atoms with van der Waals surface area (Å²) in [5.41, 5.74) is 0. The lowest BCUT2D eigenvalue weighted by Crippen LogP contribution is -2.07. The van der Waals surface area contributed by atoms with E-state index < -0.39 is 0 Å². The minimum absolute atomic E-state index is 0.0369. The maximum Gasteiger partial charge on any atom is 0.198 e. The lowest BCUT2D eigenvalue weighted by Gasteiger charge is -1.98. The molecule has 0 aliphatic rings. The molecule has 0 spiro atoms. The van der Waals surface area contributed by atoms with Crippen LogP contribution in [0.4, 0.5) is 0 Å². The van der Waals surface area contributed by atoms with E-state index in [0.717, 1.165) is 19.6 Å². The minimum atomic E-state index is 0.0369. The van der Waals surface area contributed by atoms with Crippen molar-refractivity contribution in [3.8, 4) is 0 Å². The average Bonchev–Trinajstić information content (AvgIpc) is 2.47. The van der Waals surface area contributed by atoms with Crippen molar-refractivity contribution >= 4 is 49.0 Å². The summed E-state index contributed by atoms with van der Waals surface area (Å²) in [5.74, 6) is 0.0369. The monoisotopic (exact) mass is 340 g/mol. The van der Waals surface area contributed by atoms with Crippen LogP contribution >= 0.6 is 43.2 Å². The van der Waals surface area contributed by atoms with Crippen LogP contribution in [0.3, 0.4) is 0 Å². The number of rotatable bonds is 5. The molecule has 1 aromatic rings. The van der Waals surface area contributed by atoms with Gasteiger partial charge in [0.1, 0.15) is 6.61 Å². The van der Waals surface area contributed by atoms with Gasteiger partial charge in [-0.3, -0.25) is 4.79 Å². The summed E-state index contributed by atoms with van der Waals surface area (Å²) in [6.45, 7) is 2.83. The van der Waals surface area contributed by atoms with E-state index in [4.69, 9.17) is 4.74 Å². The van der Waals surface area contributed by atoms with Gasteiger partial charge in [-0.1, -0.05) is 6.92 Å². The Bertz CT molecular complexity index is 303. The van der Waals surface area contributed by atoms with Gasteiger partial charge in [0, 0.05) is 11.1 Å². The van der Waals surface area contributed by atoms with E-state index in [0.29, 0.717) is 6.61 Å². The van der Waals surface area contributed by atoms with Crippen LogP contribution in [0.25, 0.3) is 0 Å². The second-order valence-electron chi connectivity index (χ2n) is 2.71. The SMILES string of the molecule is CCCOCC(=O)c1cc(Br)c(Br)s1. The third kappa shape index (κ3) is 3.46. The molecule has 1 rings (SSSR count). The van der Waals surface area contributed by atoms with Gasteiger partial charge in [-0.2, -0.15) is 0 Å². The summed E-state index contributed by atoms with van der Waals surface area (Å²) in [5, 5.41) is 0. The molecule has 1 heterocycles. The molecule has 0 saturated heterocycles. The van der Waals surface area contributed by atoms with Crippen molar-refractivity contribution < 1.29 is 9.53 Å². The molecule has 2 nitrogen and oxygen atoms in total. The number of halogens is 2. The van der Waals surface area contributed by atoms with Gasteiger partial charge >= 0.3 is 0 Å². The van der Waals surface area contributed by atoms with Crippen molar-refractivity contribution in [1.82, 2.24) is 0 Å². The molecule has 78 valence electrons. The van der Waals surface area contributed by atoms with Gasteiger partial charge in [-0.25, -0.2) is 0 Å². The fraction of sp³-hybridized carbons (Fsp3) is 0.444. The Hall–Kier alpha value is 0.290. The van der Waals surface area contributed by atoms with Crippen LogP contribution in [-0.2, 0) is 4.74 Å². The third-order valence-electron chi connectivity index (χ3n) is 1.50. The summed E-state index contributed by atoms with van der Waals surface area (Å²) in [7, 11) is 0. The fourth-order valence-corrected chi connectivity index (χ4v) is 2.82. The predicted octanol–water partition coefficient (Wildman–Crippen LogP) is 3.88. The van der Waals surface area contributed by atoms with Gasteiger partial charge in [0.05, 0.1) is 8.66 Å². The fourth-order valence-electron chi connectivity index (χ4n) is 0.864. The van der Waals surface area contributed by atoms with E-state index >= 15 is 0 Å². The number of carbonyl (C=O) groups excluding carboxylic acids is 1. The van der Waals surface area contributed by atoms with Crippen molar-refractivity contribution in [2.45, 2.75) is 13.3 Å². The van der Waals surface area contributed by atoms with E-state index in [9.17, 15) is 4.79 Å². The highest BCUT2D eigenvalue weighted by atomic mass is 79.9. The van der Waals surface area contributed by atoms with Gasteiger partial charge in [0.2, 0.25) is 0 Å². The Labute approximate surface area is 104 Å². The van der Waals surface area contributed by atoms with Crippen LogP contribution < -0.4 is 0 Å². The molecule has 0 aliphatic heterocycles. The molecule has 0 saturated carbocycles. The van der Waals surface area contributed by atoms with Crippen LogP contribution in [0.2, 0.25) is 0 Å². The van der Waals surface area contributed by atoms with E-state index in [-0.39, 0.29) is 12.4 Å². The number of Topliss-reactive ketones (excluding diaryl/α,β-unsaturated/α-hetero) is 1. The van der Waals surface area contributed by atoms with E-state index in [1.54, 1.807) is 0 Å². The molecule has 0 aliphatic carbocycles. The van der Waals surface area contributed by atoms with Crippen molar-refractivity contribution in [3.05, 3.63) is 19.2 Å². The first kappa shape index (κ1) is 12.4. The first-order valence-corrected chi connectivity index (χ1v) is 6.61. The zero-order valence-corrected chi connectivity index (χ0v) is 11.7. The van der Waals surface area contributed by atoms with Crippen LogP contribution in [0, 0.1) is 0 Å². The van der Waals surface area contributed by atoms with Gasteiger partial charge in [-0.05, 0) is 44.3 Å². The first-order valence-electron chi connectivity index (χ1n) is 4.21. The lowest BCUT2D eigenvalue weighted by molar-refractivity contribution is 0.0765. The van der Waals surface area contributed by atoms with Crippen molar-refractivity contribution in [2.75, 3.05) is 13.2 Å². The van der Waals surface area contributed by atoms with Crippen LogP contribution in [0.5, 0.6) is 0 Å². The molecule has 0 unspecified atom stereocenters.